The zero-order valence-corrected chi connectivity index (χ0v) is 9.19. The van der Waals surface area contributed by atoms with Crippen LogP contribution in [0.25, 0.3) is 5.65 Å². The minimum absolute atomic E-state index is 0.495. The minimum Gasteiger partial charge on any atom is -0.351 e. The van der Waals surface area contributed by atoms with Crippen LogP contribution in [0, 0.1) is 11.3 Å². The van der Waals surface area contributed by atoms with E-state index in [9.17, 15) is 0 Å². The highest BCUT2D eigenvalue weighted by Gasteiger charge is 2.30. The number of nitrogens with zero attached hydrogens (tertiary/aromatic N) is 7. The lowest BCUT2D eigenvalue weighted by molar-refractivity contribution is 0.731. The summed E-state index contributed by atoms with van der Waals surface area (Å²) in [5.41, 5.74) is 0.630. The fourth-order valence-corrected chi connectivity index (χ4v) is 1.90. The molecule has 0 aromatic carbocycles. The Labute approximate surface area is 97.7 Å². The van der Waals surface area contributed by atoms with Gasteiger partial charge in [0, 0.05) is 12.6 Å². The number of anilines is 1. The molecule has 0 N–H and O–H groups in total. The zero-order chi connectivity index (χ0) is 11.7. The maximum Gasteiger partial charge on any atom is 0.199 e. The molecule has 0 radical (unpaired) electrons. The molecule has 2 heterocycles. The van der Waals surface area contributed by atoms with Crippen LogP contribution in [0.2, 0.25) is 0 Å². The third-order valence-corrected chi connectivity index (χ3v) is 2.84. The van der Waals surface area contributed by atoms with Crippen LogP contribution in [0.5, 0.6) is 0 Å². The summed E-state index contributed by atoms with van der Waals surface area (Å²) in [6, 6.07) is 2.67. The topological polar surface area (TPSA) is 83.0 Å². The predicted octanol–water partition coefficient (Wildman–Crippen LogP) is 0.402. The molecule has 0 saturated heterocycles. The number of aromatic nitrogens is 5. The van der Waals surface area contributed by atoms with E-state index >= 15 is 0 Å². The van der Waals surface area contributed by atoms with Gasteiger partial charge in [-0.1, -0.05) is 0 Å². The van der Waals surface area contributed by atoms with Gasteiger partial charge in [0.1, 0.15) is 0 Å². The van der Waals surface area contributed by atoms with Gasteiger partial charge in [-0.15, -0.1) is 5.10 Å². The van der Waals surface area contributed by atoms with Crippen LogP contribution < -0.4 is 4.90 Å². The number of rotatable bonds is 4. The van der Waals surface area contributed by atoms with Gasteiger partial charge in [-0.25, -0.2) is 0 Å². The van der Waals surface area contributed by atoms with Crippen molar-refractivity contribution in [2.75, 3.05) is 11.4 Å². The van der Waals surface area contributed by atoms with Gasteiger partial charge in [0.25, 0.3) is 0 Å². The number of hydrogen-bond acceptors (Lipinski definition) is 6. The van der Waals surface area contributed by atoms with E-state index in [-0.39, 0.29) is 0 Å². The summed E-state index contributed by atoms with van der Waals surface area (Å²) in [6.45, 7) is 0.696. The summed E-state index contributed by atoms with van der Waals surface area (Å²) in [5, 5.41) is 20.2. The highest BCUT2D eigenvalue weighted by atomic mass is 15.5. The van der Waals surface area contributed by atoms with E-state index in [2.05, 4.69) is 31.5 Å². The molecule has 1 saturated carbocycles. The molecule has 2 aromatic heterocycles. The van der Waals surface area contributed by atoms with E-state index < -0.39 is 0 Å². The Balaban J connectivity index is 1.99. The summed E-state index contributed by atoms with van der Waals surface area (Å²) < 4.78 is 1.67. The van der Waals surface area contributed by atoms with Crippen molar-refractivity contribution in [3.8, 4) is 6.07 Å². The molecule has 0 unspecified atom stereocenters. The predicted molar refractivity (Wildman–Crippen MR) is 59.2 cm³/mol. The van der Waals surface area contributed by atoms with Gasteiger partial charge in [0.15, 0.2) is 11.5 Å². The number of nitriles is 1. The van der Waals surface area contributed by atoms with Gasteiger partial charge >= 0.3 is 0 Å². The van der Waals surface area contributed by atoms with Crippen molar-refractivity contribution >= 4 is 11.5 Å². The molecule has 1 aliphatic carbocycles. The second-order valence-electron chi connectivity index (χ2n) is 4.05. The van der Waals surface area contributed by atoms with Crippen molar-refractivity contribution in [2.45, 2.75) is 25.3 Å². The van der Waals surface area contributed by atoms with Gasteiger partial charge in [-0.2, -0.15) is 9.78 Å². The molecule has 1 fully saturated rings. The molecular formula is C10H11N7. The molecule has 0 aliphatic heterocycles. The van der Waals surface area contributed by atoms with E-state index in [1.54, 1.807) is 16.9 Å². The largest absolute Gasteiger partial charge is 0.351 e. The fraction of sp³-hybridized carbons (Fsp3) is 0.500. The first-order valence-electron chi connectivity index (χ1n) is 5.56. The van der Waals surface area contributed by atoms with Crippen LogP contribution in [0.3, 0.4) is 0 Å². The summed E-state index contributed by atoms with van der Waals surface area (Å²) in [5.74, 6) is 0.866. The molecule has 2 aromatic rings. The van der Waals surface area contributed by atoms with Crippen molar-refractivity contribution in [1.82, 2.24) is 25.0 Å². The molecule has 0 atom stereocenters. The van der Waals surface area contributed by atoms with Crippen molar-refractivity contribution in [3.05, 3.63) is 12.4 Å². The van der Waals surface area contributed by atoms with E-state index in [1.807, 2.05) is 0 Å². The van der Waals surface area contributed by atoms with Gasteiger partial charge in [0.2, 0.25) is 0 Å². The van der Waals surface area contributed by atoms with Crippen LogP contribution in [0.4, 0.5) is 5.82 Å². The zero-order valence-electron chi connectivity index (χ0n) is 9.19. The Kier molecular flexibility index (Phi) is 2.33. The molecule has 3 rings (SSSR count). The van der Waals surface area contributed by atoms with Gasteiger partial charge in [0.05, 0.1) is 24.9 Å². The first-order chi connectivity index (χ1) is 8.40. The van der Waals surface area contributed by atoms with Crippen LogP contribution in [-0.2, 0) is 0 Å². The fourth-order valence-electron chi connectivity index (χ4n) is 1.90. The molecule has 86 valence electrons. The van der Waals surface area contributed by atoms with Crippen LogP contribution >= 0.6 is 0 Å². The lowest BCUT2D eigenvalue weighted by Crippen LogP contribution is -2.29. The summed E-state index contributed by atoms with van der Waals surface area (Å²) in [7, 11) is 0. The standard InChI is InChI=1S/C10H11N7/c11-4-1-5-16(8-2-3-8)10-7-12-6-9-13-14-15-17(9)10/h6-8H,1-3,5H2. The lowest BCUT2D eigenvalue weighted by Gasteiger charge is -2.22. The van der Waals surface area contributed by atoms with Gasteiger partial charge in [-0.3, -0.25) is 4.98 Å². The molecule has 0 amide bonds. The highest BCUT2D eigenvalue weighted by molar-refractivity contribution is 5.47. The first-order valence-corrected chi connectivity index (χ1v) is 5.56. The van der Waals surface area contributed by atoms with Crippen molar-refractivity contribution in [2.24, 2.45) is 0 Å². The second-order valence-corrected chi connectivity index (χ2v) is 4.05. The summed E-state index contributed by atoms with van der Waals surface area (Å²) in [6.07, 6.45) is 6.18. The average molecular weight is 229 g/mol. The molecule has 7 heteroatoms. The molecule has 17 heavy (non-hydrogen) atoms. The maximum atomic E-state index is 8.70. The Hall–Kier alpha value is -2.23. The Morgan fingerprint density at radius 1 is 1.47 bits per heavy atom. The molecule has 0 spiro atoms. The molecule has 7 nitrogen and oxygen atoms in total. The van der Waals surface area contributed by atoms with Gasteiger partial charge < -0.3 is 4.90 Å². The summed E-state index contributed by atoms with van der Waals surface area (Å²) >= 11 is 0. The third-order valence-electron chi connectivity index (χ3n) is 2.84. The SMILES string of the molecule is N#CCCN(c1cncc2nnnn12)C1CC1. The monoisotopic (exact) mass is 229 g/mol. The Morgan fingerprint density at radius 2 is 2.35 bits per heavy atom. The lowest BCUT2D eigenvalue weighted by atomic mass is 10.4. The van der Waals surface area contributed by atoms with Gasteiger partial charge in [-0.05, 0) is 23.3 Å². The second kappa shape index (κ2) is 3.97. The Bertz CT molecular complexity index is 565. The third kappa shape index (κ3) is 1.78. The molecular weight excluding hydrogens is 218 g/mol. The number of tetrazole rings is 1. The van der Waals surface area contributed by atoms with E-state index in [4.69, 9.17) is 5.26 Å². The summed E-state index contributed by atoms with van der Waals surface area (Å²) in [4.78, 5) is 6.30. The van der Waals surface area contributed by atoms with E-state index in [0.717, 1.165) is 18.7 Å². The smallest absolute Gasteiger partial charge is 0.199 e. The quantitative estimate of drug-likeness (QED) is 0.754. The molecule has 1 aliphatic rings. The number of fused-ring (bicyclic) bond motifs is 1. The van der Waals surface area contributed by atoms with Crippen LogP contribution in [-0.4, -0.2) is 37.6 Å². The van der Waals surface area contributed by atoms with Crippen LogP contribution in [0.1, 0.15) is 19.3 Å². The van der Waals surface area contributed by atoms with Crippen LogP contribution in [0.15, 0.2) is 12.4 Å². The highest BCUT2D eigenvalue weighted by Crippen LogP contribution is 2.31. The van der Waals surface area contributed by atoms with Crippen molar-refractivity contribution < 1.29 is 0 Å². The number of hydrogen-bond donors (Lipinski definition) is 0. The van der Waals surface area contributed by atoms with Crippen molar-refractivity contribution in [3.63, 3.8) is 0 Å². The average Bonchev–Trinajstić information content (AvgIpc) is 3.07. The maximum absolute atomic E-state index is 8.70. The normalized spacial score (nSPS) is 14.8. The first kappa shape index (κ1) is 9.96. The van der Waals surface area contributed by atoms with E-state index in [0.29, 0.717) is 24.7 Å². The molecule has 0 bridgehead atoms. The van der Waals surface area contributed by atoms with E-state index in [1.165, 1.54) is 0 Å². The minimum atomic E-state index is 0.495. The van der Waals surface area contributed by atoms with Crippen molar-refractivity contribution in [1.29, 1.82) is 5.26 Å². The Morgan fingerprint density at radius 3 is 3.12 bits per heavy atom.